The third-order valence-electron chi connectivity index (χ3n) is 6.90. The van der Waals surface area contributed by atoms with Gasteiger partial charge in [-0.2, -0.15) is 0 Å². The Morgan fingerprint density at radius 2 is 1.27 bits per heavy atom. The number of nitrogens with one attached hydrogen (secondary N) is 2. The second-order valence-electron chi connectivity index (χ2n) is 11.3. The van der Waals surface area contributed by atoms with Crippen LogP contribution in [0.15, 0.2) is 0 Å². The molecule has 18 nitrogen and oxygen atoms in total. The van der Waals surface area contributed by atoms with E-state index in [-0.39, 0.29) is 69.4 Å². The van der Waals surface area contributed by atoms with Crippen molar-refractivity contribution in [2.75, 3.05) is 84.8 Å². The summed E-state index contributed by atoms with van der Waals surface area (Å²) in [7, 11) is 0. The van der Waals surface area contributed by atoms with Gasteiger partial charge < -0.3 is 53.4 Å². The molecule has 0 aromatic heterocycles. The summed E-state index contributed by atoms with van der Waals surface area (Å²) in [6.45, 7) is 9.81. The molecule has 0 aromatic rings. The highest BCUT2D eigenvalue weighted by Gasteiger charge is 2.50. The van der Waals surface area contributed by atoms with Gasteiger partial charge in [0.15, 0.2) is 17.3 Å². The van der Waals surface area contributed by atoms with Gasteiger partial charge in [0.25, 0.3) is 0 Å². The second kappa shape index (κ2) is 26.4. The average molecular weight is 752 g/mol. The van der Waals surface area contributed by atoms with Crippen LogP contribution in [0.5, 0.6) is 0 Å². The highest BCUT2D eigenvalue weighted by molar-refractivity contribution is 8.13. The van der Waals surface area contributed by atoms with Gasteiger partial charge in [0.1, 0.15) is 12.7 Å². The maximum atomic E-state index is 12.4. The van der Waals surface area contributed by atoms with Gasteiger partial charge in [-0.1, -0.05) is 11.8 Å². The maximum Gasteiger partial charge on any atom is 0.303 e. The van der Waals surface area contributed by atoms with Gasteiger partial charge >= 0.3 is 17.9 Å². The number of rotatable bonds is 25. The smallest absolute Gasteiger partial charge is 0.303 e. The van der Waals surface area contributed by atoms with Gasteiger partial charge in [0, 0.05) is 67.0 Å². The Bertz CT molecular complexity index is 1130. The number of thioether (sulfide) groups is 1. The molecule has 0 aromatic carbocycles. The van der Waals surface area contributed by atoms with Crippen molar-refractivity contribution in [2.45, 2.75) is 78.4 Å². The average Bonchev–Trinajstić information content (AvgIpc) is 3.03. The molecule has 0 saturated carbocycles. The highest BCUT2D eigenvalue weighted by Crippen LogP contribution is 2.29. The summed E-state index contributed by atoms with van der Waals surface area (Å²) in [4.78, 5) is 84.3. The molecule has 0 radical (unpaired) electrons. The zero-order valence-corrected chi connectivity index (χ0v) is 31.1. The van der Waals surface area contributed by atoms with Crippen molar-refractivity contribution in [3.05, 3.63) is 0 Å². The van der Waals surface area contributed by atoms with Gasteiger partial charge in [0.2, 0.25) is 17.7 Å². The number of ether oxygens (including phenoxy) is 8. The first-order chi connectivity index (χ1) is 24.2. The molecule has 5 atom stereocenters. The van der Waals surface area contributed by atoms with Crippen LogP contribution in [0.25, 0.3) is 0 Å². The van der Waals surface area contributed by atoms with Crippen LogP contribution >= 0.6 is 11.8 Å². The van der Waals surface area contributed by atoms with Crippen molar-refractivity contribution in [1.29, 1.82) is 0 Å². The van der Waals surface area contributed by atoms with Crippen LogP contribution in [-0.2, 0) is 71.5 Å². The summed E-state index contributed by atoms with van der Waals surface area (Å²) in [5, 5.41) is 5.44. The predicted molar refractivity (Wildman–Crippen MR) is 180 cm³/mol. The molecule has 2 N–H and O–H groups in total. The topological polar surface area (TPSA) is 221 Å². The van der Waals surface area contributed by atoms with Gasteiger partial charge in [-0.05, 0) is 6.42 Å². The van der Waals surface area contributed by atoms with Gasteiger partial charge in [-0.15, -0.1) is 0 Å². The summed E-state index contributed by atoms with van der Waals surface area (Å²) in [5.74, 6) is -2.57. The summed E-state index contributed by atoms with van der Waals surface area (Å²) < 4.78 is 44.0. The lowest BCUT2D eigenvalue weighted by Gasteiger charge is -2.45. The Kier molecular flexibility index (Phi) is 23.7. The molecule has 1 saturated heterocycles. The molecule has 1 heterocycles. The minimum atomic E-state index is -1.19. The lowest BCUT2D eigenvalue weighted by molar-refractivity contribution is -0.225. The number of esters is 3. The molecule has 51 heavy (non-hydrogen) atoms. The fraction of sp³-hybridized carbons (Fsp3) is 0.781. The zero-order valence-electron chi connectivity index (χ0n) is 30.3. The predicted octanol–water partition coefficient (Wildman–Crippen LogP) is -0.614. The standard InChI is InChI=1S/C32H53N3O15S/c1-21(36)34-30-27(50-28(20-47-23(3)38)31(48-24(4)39)32(30)49-25(5)40)7-10-43-12-9-35(22(2)37)19-29(42)33-8-11-44-13-14-45-15-16-46-17-18-51-26(6)41/h27-28,30-32H,7-20H2,1-6H3,(H,33,42)(H,34,36). The SMILES string of the molecule is CC(=O)NC1C(CCOCCN(CC(=O)NCCOCCOCCOCCSC(C)=O)C(C)=O)OC(COC(C)=O)C(OC(C)=O)C1OC(C)=O. The summed E-state index contributed by atoms with van der Waals surface area (Å²) in [5.41, 5.74) is 0. The lowest BCUT2D eigenvalue weighted by atomic mass is 9.90. The van der Waals surface area contributed by atoms with E-state index >= 15 is 0 Å². The van der Waals surface area contributed by atoms with E-state index in [1.54, 1.807) is 0 Å². The summed E-state index contributed by atoms with van der Waals surface area (Å²) in [6.07, 6.45) is -4.05. The normalized spacial score (nSPS) is 19.8. The van der Waals surface area contributed by atoms with E-state index in [4.69, 9.17) is 37.9 Å². The van der Waals surface area contributed by atoms with E-state index in [1.165, 1.54) is 44.4 Å². The van der Waals surface area contributed by atoms with E-state index in [0.717, 1.165) is 13.8 Å². The number of hydrogen-bond donors (Lipinski definition) is 2. The summed E-state index contributed by atoms with van der Waals surface area (Å²) >= 11 is 1.21. The molecule has 1 fully saturated rings. The van der Waals surface area contributed by atoms with E-state index in [1.807, 2.05) is 0 Å². The Morgan fingerprint density at radius 3 is 1.84 bits per heavy atom. The van der Waals surface area contributed by atoms with Crippen LogP contribution in [0.1, 0.15) is 48.0 Å². The molecule has 3 amide bonds. The number of carbonyl (C=O) groups is 7. The first kappa shape index (κ1) is 45.7. The lowest BCUT2D eigenvalue weighted by Crippen LogP contribution is -2.66. The Hall–Kier alpha value is -3.36. The van der Waals surface area contributed by atoms with Crippen LogP contribution in [0.2, 0.25) is 0 Å². The quantitative estimate of drug-likeness (QED) is 0.0675. The third kappa shape index (κ3) is 21.6. The highest BCUT2D eigenvalue weighted by atomic mass is 32.2. The van der Waals surface area contributed by atoms with Crippen molar-refractivity contribution >= 4 is 52.5 Å². The van der Waals surface area contributed by atoms with Crippen molar-refractivity contribution in [2.24, 2.45) is 0 Å². The first-order valence-electron chi connectivity index (χ1n) is 16.6. The number of hydrogen-bond acceptors (Lipinski definition) is 16. The summed E-state index contributed by atoms with van der Waals surface area (Å²) in [6, 6.07) is -0.948. The van der Waals surface area contributed by atoms with E-state index < -0.39 is 54.3 Å². The van der Waals surface area contributed by atoms with Crippen LogP contribution in [0.4, 0.5) is 0 Å². The molecule has 5 unspecified atom stereocenters. The Morgan fingerprint density at radius 1 is 0.686 bits per heavy atom. The molecule has 0 aliphatic carbocycles. The second-order valence-corrected chi connectivity index (χ2v) is 12.5. The van der Waals surface area contributed by atoms with E-state index in [9.17, 15) is 33.6 Å². The molecule has 0 bridgehead atoms. The Balaban J connectivity index is 2.53. The van der Waals surface area contributed by atoms with Crippen LogP contribution < -0.4 is 10.6 Å². The fourth-order valence-corrected chi connectivity index (χ4v) is 5.26. The van der Waals surface area contributed by atoms with Crippen molar-refractivity contribution in [3.8, 4) is 0 Å². The van der Waals surface area contributed by atoms with Gasteiger partial charge in [0.05, 0.1) is 64.9 Å². The molecular formula is C32H53N3O15S. The molecule has 292 valence electrons. The minimum Gasteiger partial charge on any atom is -0.463 e. The molecule has 19 heteroatoms. The van der Waals surface area contributed by atoms with Crippen molar-refractivity contribution < 1.29 is 71.5 Å². The van der Waals surface area contributed by atoms with Crippen molar-refractivity contribution in [1.82, 2.24) is 15.5 Å². The molecule has 1 aliphatic heterocycles. The molecule has 0 spiro atoms. The largest absolute Gasteiger partial charge is 0.463 e. The van der Waals surface area contributed by atoms with E-state index in [2.05, 4.69) is 10.6 Å². The third-order valence-corrected chi connectivity index (χ3v) is 7.67. The van der Waals surface area contributed by atoms with Crippen molar-refractivity contribution in [3.63, 3.8) is 0 Å². The fourth-order valence-electron chi connectivity index (χ4n) is 4.77. The van der Waals surface area contributed by atoms with Gasteiger partial charge in [-0.25, -0.2) is 0 Å². The molecule has 1 rings (SSSR count). The van der Waals surface area contributed by atoms with Crippen LogP contribution in [-0.4, -0.2) is 161 Å². The zero-order chi connectivity index (χ0) is 38.2. The molecular weight excluding hydrogens is 698 g/mol. The maximum absolute atomic E-state index is 12.4. The number of nitrogens with zero attached hydrogens (tertiary/aromatic N) is 1. The molecule has 1 aliphatic rings. The van der Waals surface area contributed by atoms with E-state index in [0.29, 0.717) is 38.8 Å². The minimum absolute atomic E-state index is 0.0521. The Labute approximate surface area is 302 Å². The first-order valence-corrected chi connectivity index (χ1v) is 17.6. The van der Waals surface area contributed by atoms with Crippen LogP contribution in [0, 0.1) is 0 Å². The van der Waals surface area contributed by atoms with Crippen LogP contribution in [0.3, 0.4) is 0 Å². The van der Waals surface area contributed by atoms with Gasteiger partial charge in [-0.3, -0.25) is 33.6 Å². The number of amides is 3. The number of carbonyl (C=O) groups excluding carboxylic acids is 7. The monoisotopic (exact) mass is 751 g/mol.